The number of aliphatic carboxylic acids is 1. The molecule has 0 bridgehead atoms. The number of likely N-dealkylation sites (tertiary alicyclic amines) is 1. The second-order valence-corrected chi connectivity index (χ2v) is 19.1. The van der Waals surface area contributed by atoms with Gasteiger partial charge in [-0.05, 0) is 69.1 Å². The van der Waals surface area contributed by atoms with Crippen molar-refractivity contribution < 1.29 is 63.3 Å². The number of primary amides is 1. The lowest BCUT2D eigenvalue weighted by Gasteiger charge is -2.31. The zero-order chi connectivity index (χ0) is 55.1. The number of aliphatic hydroxyl groups excluding tert-OH is 1. The molecule has 0 aromatic heterocycles. The van der Waals surface area contributed by atoms with Crippen LogP contribution in [0, 0.1) is 5.92 Å². The number of aliphatic imine (C=N–C) groups is 1. The number of aliphatic hydroxyl groups is 1. The first-order valence-corrected chi connectivity index (χ1v) is 25.7. The van der Waals surface area contributed by atoms with Crippen LogP contribution in [0.25, 0.3) is 0 Å². The molecule has 1 aromatic carbocycles. The van der Waals surface area contributed by atoms with Crippen LogP contribution in [0.4, 0.5) is 0 Å². The number of thiol groups is 2. The van der Waals surface area contributed by atoms with Gasteiger partial charge in [0.1, 0.15) is 54.1 Å². The molecule has 1 aliphatic carbocycles. The van der Waals surface area contributed by atoms with Crippen molar-refractivity contribution in [3.8, 4) is 5.75 Å². The van der Waals surface area contributed by atoms with Crippen molar-refractivity contribution in [2.24, 2.45) is 33.8 Å². The van der Waals surface area contributed by atoms with Crippen LogP contribution >= 0.6 is 25.3 Å². The molecule has 9 atom stereocenters. The lowest BCUT2D eigenvalue weighted by Crippen LogP contribution is -2.61. The van der Waals surface area contributed by atoms with E-state index in [-0.39, 0.29) is 80.7 Å². The van der Waals surface area contributed by atoms with E-state index in [1.165, 1.54) is 19.1 Å². The zero-order valence-electron chi connectivity index (χ0n) is 41.3. The molecule has 2 aliphatic rings. The van der Waals surface area contributed by atoms with E-state index in [0.29, 0.717) is 12.0 Å². The van der Waals surface area contributed by atoms with Gasteiger partial charge in [0.2, 0.25) is 53.2 Å². The van der Waals surface area contributed by atoms with Gasteiger partial charge >= 0.3 is 5.97 Å². The largest absolute Gasteiger partial charge is 0.508 e. The number of aromatic hydroxyl groups is 1. The van der Waals surface area contributed by atoms with Crippen molar-refractivity contribution in [2.45, 2.75) is 145 Å². The van der Waals surface area contributed by atoms with Crippen molar-refractivity contribution in [2.75, 3.05) is 31.2 Å². The van der Waals surface area contributed by atoms with Crippen LogP contribution in [0.1, 0.15) is 89.5 Å². The molecule has 3 rings (SSSR count). The molecule has 0 radical (unpaired) electrons. The van der Waals surface area contributed by atoms with E-state index >= 15 is 0 Å². The third-order valence-electron chi connectivity index (χ3n) is 12.5. The minimum Gasteiger partial charge on any atom is -0.508 e. The summed E-state index contributed by atoms with van der Waals surface area (Å²) < 4.78 is 0. The highest BCUT2D eigenvalue weighted by Crippen LogP contribution is 2.28. The molecule has 74 heavy (non-hydrogen) atoms. The summed E-state index contributed by atoms with van der Waals surface area (Å²) >= 11 is 8.34. The summed E-state index contributed by atoms with van der Waals surface area (Å²) in [4.78, 5) is 139. The van der Waals surface area contributed by atoms with Gasteiger partial charge in [0.25, 0.3) is 0 Å². The van der Waals surface area contributed by atoms with E-state index in [2.05, 4.69) is 67.5 Å². The van der Waals surface area contributed by atoms with Crippen LogP contribution in [0.5, 0.6) is 5.75 Å². The number of carboxylic acids is 1. The SMILES string of the molecule is C[C@H](NC(=O)[C@H](CCO)NC(=O)[C@@H]1CCCN1C(=O)[C@H](CS)NC(=O)[C@H](CC(N)=O)NC(=O)[C@H](CCCN=C(N)N)NC(=O)[C@H](CC1CCCCC1)NC(=O)[C@H](Cc1ccc(O)cc1)NC(=O)[C@@H](N)CS)C(=O)O. The Kier molecular flexibility index (Phi) is 26.2. The lowest BCUT2D eigenvalue weighted by atomic mass is 9.84. The Morgan fingerprint density at radius 2 is 1.24 bits per heavy atom. The highest BCUT2D eigenvalue weighted by atomic mass is 32.1. The van der Waals surface area contributed by atoms with E-state index < -0.39 is 127 Å². The molecule has 1 saturated heterocycles. The Balaban J connectivity index is 1.88. The number of benzene rings is 1. The van der Waals surface area contributed by atoms with Crippen LogP contribution in [0.15, 0.2) is 29.3 Å². The third kappa shape index (κ3) is 20.5. The van der Waals surface area contributed by atoms with Crippen molar-refractivity contribution in [1.82, 2.24) is 42.1 Å². The second-order valence-electron chi connectivity index (χ2n) is 18.3. The number of carbonyl (C=O) groups is 10. The molecule has 9 amide bonds. The van der Waals surface area contributed by atoms with Gasteiger partial charge in [0, 0.05) is 37.6 Å². The number of rotatable bonds is 30. The number of carboxylic acid groups (broad SMARTS) is 1. The van der Waals surface area contributed by atoms with Crippen molar-refractivity contribution >= 4 is 90.4 Å². The number of phenols is 1. The fourth-order valence-corrected chi connectivity index (χ4v) is 8.84. The number of phenolic OH excluding ortho intramolecular Hbond substituents is 1. The average Bonchev–Trinajstić information content (AvgIpc) is 3.86. The molecular formula is C46H73N13O13S2. The number of carbonyl (C=O) groups excluding carboxylic acids is 9. The van der Waals surface area contributed by atoms with E-state index in [9.17, 15) is 63.3 Å². The molecule has 28 heteroatoms. The van der Waals surface area contributed by atoms with Crippen molar-refractivity contribution in [3.63, 3.8) is 0 Å². The minimum atomic E-state index is -1.73. The Morgan fingerprint density at radius 3 is 1.84 bits per heavy atom. The Morgan fingerprint density at radius 1 is 0.689 bits per heavy atom. The number of nitrogens with one attached hydrogen (secondary N) is 7. The van der Waals surface area contributed by atoms with Crippen LogP contribution in [0.2, 0.25) is 0 Å². The summed E-state index contributed by atoms with van der Waals surface area (Å²) in [6.07, 6.45) is 3.68. The Labute approximate surface area is 439 Å². The van der Waals surface area contributed by atoms with Crippen LogP contribution in [0.3, 0.4) is 0 Å². The number of hydrogen-bond acceptors (Lipinski definition) is 16. The number of hydrogen-bond donors (Lipinski definition) is 16. The highest BCUT2D eigenvalue weighted by Gasteiger charge is 2.40. The zero-order valence-corrected chi connectivity index (χ0v) is 43.1. The fraction of sp³-hybridized carbons (Fsp3) is 0.630. The molecule has 0 spiro atoms. The van der Waals surface area contributed by atoms with Crippen molar-refractivity contribution in [1.29, 1.82) is 0 Å². The predicted molar refractivity (Wildman–Crippen MR) is 276 cm³/mol. The number of nitrogens with two attached hydrogens (primary N) is 4. The lowest BCUT2D eigenvalue weighted by molar-refractivity contribution is -0.143. The first-order valence-electron chi connectivity index (χ1n) is 24.4. The normalized spacial score (nSPS) is 17.8. The molecular weight excluding hydrogens is 1010 g/mol. The summed E-state index contributed by atoms with van der Waals surface area (Å²) in [7, 11) is 0. The maximum Gasteiger partial charge on any atom is 0.325 e. The molecule has 1 heterocycles. The van der Waals surface area contributed by atoms with E-state index in [1.807, 2.05) is 0 Å². The average molecular weight is 1080 g/mol. The van der Waals surface area contributed by atoms with Crippen molar-refractivity contribution in [3.05, 3.63) is 29.8 Å². The molecule has 0 unspecified atom stereocenters. The van der Waals surface area contributed by atoms with E-state index in [1.54, 1.807) is 12.1 Å². The first kappa shape index (κ1) is 61.9. The molecule has 18 N–H and O–H groups in total. The van der Waals surface area contributed by atoms with Gasteiger partial charge in [-0.25, -0.2) is 0 Å². The maximum atomic E-state index is 14.4. The summed E-state index contributed by atoms with van der Waals surface area (Å²) in [5.74, 6) is -9.79. The number of guanidine groups is 1. The molecule has 412 valence electrons. The van der Waals surface area contributed by atoms with Gasteiger partial charge in [0.15, 0.2) is 5.96 Å². The van der Waals surface area contributed by atoms with E-state index in [0.717, 1.165) is 37.0 Å². The van der Waals surface area contributed by atoms with Gasteiger partial charge in [-0.15, -0.1) is 0 Å². The fourth-order valence-electron chi connectivity index (χ4n) is 8.43. The van der Waals surface area contributed by atoms with Crippen LogP contribution < -0.4 is 60.2 Å². The minimum absolute atomic E-state index is 0.00293. The summed E-state index contributed by atoms with van der Waals surface area (Å²) in [5.41, 5.74) is 23.0. The summed E-state index contributed by atoms with van der Waals surface area (Å²) in [6, 6.07) is -6.15. The van der Waals surface area contributed by atoms with Gasteiger partial charge in [0.05, 0.1) is 12.5 Å². The van der Waals surface area contributed by atoms with Gasteiger partial charge in [-0.1, -0.05) is 44.2 Å². The van der Waals surface area contributed by atoms with Crippen LogP contribution in [-0.2, 0) is 54.4 Å². The molecule has 26 nitrogen and oxygen atoms in total. The standard InChI is InChI=1S/C46H73N13O13S2/c1-24(45(71)72)52-38(64)30(15-18-60)54-43(69)35-10-6-17-59(35)44(70)34(23-74)58-42(68)33(21-36(48)62)57-39(65)29(9-5-16-51-46(49)50)53-40(66)32(19-25-7-3-2-4-8-25)56-41(67)31(55-37(63)28(47)22-73)20-26-11-13-27(61)14-12-26/h11-14,24-25,28-35,60-61,73-74H,2-10,15-23,47H2,1H3,(H2,48,62)(H,52,64)(H,53,66)(H,54,69)(H,55,63)(H,56,67)(H,57,65)(H,58,68)(H,71,72)(H4,49,50,51)/t24-,28-,29-,30-,31-,32-,33-,34-,35-/m0/s1. The highest BCUT2D eigenvalue weighted by molar-refractivity contribution is 7.80. The predicted octanol–water partition coefficient (Wildman–Crippen LogP) is -4.11. The maximum absolute atomic E-state index is 14.4. The van der Waals surface area contributed by atoms with Crippen LogP contribution in [-0.4, -0.2) is 171 Å². The number of amides is 9. The number of nitrogens with zero attached hydrogens (tertiary/aromatic N) is 2. The second kappa shape index (κ2) is 31.4. The monoisotopic (exact) mass is 1080 g/mol. The smallest absolute Gasteiger partial charge is 0.325 e. The Bertz CT molecular complexity index is 2150. The Hall–Kier alpha value is -6.39. The van der Waals surface area contributed by atoms with Gasteiger partial charge in [-0.2, -0.15) is 25.3 Å². The molecule has 1 aromatic rings. The van der Waals surface area contributed by atoms with E-state index in [4.69, 9.17) is 22.9 Å². The quantitative estimate of drug-likeness (QED) is 0.0151. The molecule has 1 aliphatic heterocycles. The summed E-state index contributed by atoms with van der Waals surface area (Å²) in [5, 5.41) is 46.3. The topological polar surface area (TPSA) is 435 Å². The first-order chi connectivity index (χ1) is 35.1. The van der Waals surface area contributed by atoms with Gasteiger partial charge in [-0.3, -0.25) is 52.9 Å². The third-order valence-corrected chi connectivity index (χ3v) is 13.3. The molecule has 2 fully saturated rings. The summed E-state index contributed by atoms with van der Waals surface area (Å²) in [6.45, 7) is 0.698. The van der Waals surface area contributed by atoms with Gasteiger partial charge < -0.3 is 80.4 Å². The molecule has 1 saturated carbocycles.